The molecule has 8 nitrogen and oxygen atoms in total. The molecule has 10 heteroatoms. The van der Waals surface area contributed by atoms with Gasteiger partial charge in [-0.3, -0.25) is 4.79 Å². The van der Waals surface area contributed by atoms with E-state index in [0.29, 0.717) is 13.0 Å². The number of nitrogens with one attached hydrogen (secondary N) is 1. The Balaban J connectivity index is 1.66. The number of aromatic nitrogens is 1. The molecule has 0 radical (unpaired) electrons. The Morgan fingerprint density at radius 1 is 1.27 bits per heavy atom. The molecule has 1 aromatic carbocycles. The summed E-state index contributed by atoms with van der Waals surface area (Å²) in [6, 6.07) is 8.49. The van der Waals surface area contributed by atoms with Crippen LogP contribution in [-0.4, -0.2) is 60.9 Å². The van der Waals surface area contributed by atoms with Gasteiger partial charge in [-0.2, -0.15) is 0 Å². The lowest BCUT2D eigenvalue weighted by Gasteiger charge is -2.26. The fourth-order valence-corrected chi connectivity index (χ4v) is 5.04. The van der Waals surface area contributed by atoms with Crippen LogP contribution in [0, 0.1) is 5.82 Å². The molecule has 1 aromatic heterocycles. The van der Waals surface area contributed by atoms with Crippen molar-refractivity contribution in [3.8, 4) is 0 Å². The summed E-state index contributed by atoms with van der Waals surface area (Å²) in [5.41, 5.74) is 0.181. The van der Waals surface area contributed by atoms with E-state index in [4.69, 9.17) is 4.74 Å². The molecule has 1 saturated heterocycles. The van der Waals surface area contributed by atoms with E-state index in [1.807, 2.05) is 0 Å². The molecule has 2 heterocycles. The smallest absolute Gasteiger partial charge is 0.342 e. The second-order valence-corrected chi connectivity index (χ2v) is 9.05. The fraction of sp³-hybridized carbons (Fsp3) is 0.350. The highest BCUT2D eigenvalue weighted by atomic mass is 32.2. The van der Waals surface area contributed by atoms with Gasteiger partial charge in [-0.15, -0.1) is 0 Å². The van der Waals surface area contributed by atoms with Crippen LogP contribution in [0.15, 0.2) is 42.6 Å². The van der Waals surface area contributed by atoms with Crippen LogP contribution in [0.3, 0.4) is 0 Å². The van der Waals surface area contributed by atoms with Gasteiger partial charge in [0.1, 0.15) is 17.2 Å². The van der Waals surface area contributed by atoms with Crippen molar-refractivity contribution < 1.29 is 27.1 Å². The number of likely N-dealkylation sites (N-methyl/N-ethyl adjacent to an activating group) is 1. The van der Waals surface area contributed by atoms with Crippen molar-refractivity contribution in [2.75, 3.05) is 30.0 Å². The van der Waals surface area contributed by atoms with Gasteiger partial charge in [0.2, 0.25) is 0 Å². The van der Waals surface area contributed by atoms with E-state index in [1.165, 1.54) is 41.4 Å². The van der Waals surface area contributed by atoms with Crippen molar-refractivity contribution in [2.24, 2.45) is 0 Å². The number of ether oxygens (including phenoxy) is 1. The monoisotopic (exact) mass is 435 g/mol. The van der Waals surface area contributed by atoms with Crippen molar-refractivity contribution in [3.63, 3.8) is 0 Å². The summed E-state index contributed by atoms with van der Waals surface area (Å²) < 4.78 is 42.4. The number of halogens is 1. The van der Waals surface area contributed by atoms with Gasteiger partial charge < -0.3 is 15.0 Å². The minimum Gasteiger partial charge on any atom is -0.452 e. The normalized spacial score (nSPS) is 17.3. The molecule has 0 bridgehead atoms. The van der Waals surface area contributed by atoms with Crippen molar-refractivity contribution in [1.82, 2.24) is 9.88 Å². The summed E-state index contributed by atoms with van der Waals surface area (Å²) in [5.74, 6) is -1.73. The highest BCUT2D eigenvalue weighted by molar-refractivity contribution is 7.91. The first-order valence-corrected chi connectivity index (χ1v) is 11.3. The minimum absolute atomic E-state index is 0.0417. The van der Waals surface area contributed by atoms with Crippen molar-refractivity contribution in [2.45, 2.75) is 19.4 Å². The highest BCUT2D eigenvalue weighted by Crippen LogP contribution is 2.22. The summed E-state index contributed by atoms with van der Waals surface area (Å²) in [5, 5.41) is 2.75. The average Bonchev–Trinajstić information content (AvgIpc) is 3.08. The molecule has 1 aliphatic rings. The maximum atomic E-state index is 13.9. The SMILES string of the molecule is CCN(C(=O)COC(=O)c1cccnc1Nc1ccccc1F)[C@H]1CCS(=O)(=O)C1. The van der Waals surface area contributed by atoms with Crippen LogP contribution in [0.5, 0.6) is 0 Å². The summed E-state index contributed by atoms with van der Waals surface area (Å²) in [7, 11) is -3.15. The quantitative estimate of drug-likeness (QED) is 0.665. The lowest BCUT2D eigenvalue weighted by atomic mass is 10.2. The Morgan fingerprint density at radius 3 is 2.70 bits per heavy atom. The van der Waals surface area contributed by atoms with Gasteiger partial charge in [-0.1, -0.05) is 12.1 Å². The molecule has 1 fully saturated rings. The van der Waals surface area contributed by atoms with E-state index < -0.39 is 40.2 Å². The van der Waals surface area contributed by atoms with E-state index >= 15 is 0 Å². The number of carbonyl (C=O) groups is 2. The summed E-state index contributed by atoms with van der Waals surface area (Å²) in [6.45, 7) is 1.52. The van der Waals surface area contributed by atoms with E-state index in [9.17, 15) is 22.4 Å². The van der Waals surface area contributed by atoms with Crippen molar-refractivity contribution in [1.29, 1.82) is 0 Å². The third kappa shape index (κ3) is 5.12. The molecule has 1 N–H and O–H groups in total. The molecule has 3 rings (SSSR count). The lowest BCUT2D eigenvalue weighted by molar-refractivity contribution is -0.136. The average molecular weight is 435 g/mol. The van der Waals surface area contributed by atoms with Crippen LogP contribution >= 0.6 is 0 Å². The summed E-state index contributed by atoms with van der Waals surface area (Å²) in [6.07, 6.45) is 1.81. The number of nitrogens with zero attached hydrogens (tertiary/aromatic N) is 2. The first-order valence-electron chi connectivity index (χ1n) is 9.44. The molecular weight excluding hydrogens is 413 g/mol. The fourth-order valence-electron chi connectivity index (χ4n) is 3.31. The van der Waals surface area contributed by atoms with Gasteiger partial charge in [0, 0.05) is 18.8 Å². The second kappa shape index (κ2) is 9.21. The van der Waals surface area contributed by atoms with Gasteiger partial charge in [-0.05, 0) is 37.6 Å². The number of pyridine rings is 1. The van der Waals surface area contributed by atoms with E-state index in [-0.39, 0.29) is 28.6 Å². The van der Waals surface area contributed by atoms with E-state index in [2.05, 4.69) is 10.3 Å². The number of amides is 1. The van der Waals surface area contributed by atoms with Crippen LogP contribution in [0.2, 0.25) is 0 Å². The number of hydrogen-bond donors (Lipinski definition) is 1. The number of anilines is 2. The molecule has 1 aliphatic heterocycles. The Bertz CT molecular complexity index is 1040. The number of para-hydroxylation sites is 1. The Morgan fingerprint density at radius 2 is 2.03 bits per heavy atom. The molecule has 0 saturated carbocycles. The zero-order valence-corrected chi connectivity index (χ0v) is 17.2. The molecule has 0 unspecified atom stereocenters. The second-order valence-electron chi connectivity index (χ2n) is 6.82. The standard InChI is InChI=1S/C20H22FN3O5S/c1-2-24(14-9-11-30(27,28)13-14)18(25)12-29-20(26)15-6-5-10-22-19(15)23-17-8-4-3-7-16(17)21/h3-8,10,14H,2,9,11-13H2,1H3,(H,22,23)/t14-/m0/s1. The number of sulfone groups is 1. The van der Waals surface area contributed by atoms with Gasteiger partial charge in [0.25, 0.3) is 5.91 Å². The first-order chi connectivity index (χ1) is 14.3. The zero-order valence-electron chi connectivity index (χ0n) is 16.4. The van der Waals surface area contributed by atoms with Crippen LogP contribution in [0.4, 0.5) is 15.9 Å². The van der Waals surface area contributed by atoms with E-state index in [1.54, 1.807) is 13.0 Å². The molecule has 160 valence electrons. The maximum absolute atomic E-state index is 13.9. The van der Waals surface area contributed by atoms with Gasteiger partial charge in [0.15, 0.2) is 16.4 Å². The van der Waals surface area contributed by atoms with Crippen molar-refractivity contribution in [3.05, 3.63) is 54.0 Å². The van der Waals surface area contributed by atoms with Crippen LogP contribution < -0.4 is 5.32 Å². The van der Waals surface area contributed by atoms with E-state index in [0.717, 1.165) is 0 Å². The van der Waals surface area contributed by atoms with Gasteiger partial charge in [-0.25, -0.2) is 22.6 Å². The number of esters is 1. The Hall–Kier alpha value is -3.01. The highest BCUT2D eigenvalue weighted by Gasteiger charge is 2.34. The minimum atomic E-state index is -3.15. The maximum Gasteiger partial charge on any atom is 0.342 e. The van der Waals surface area contributed by atoms with Crippen LogP contribution in [0.1, 0.15) is 23.7 Å². The molecule has 1 amide bonds. The topological polar surface area (TPSA) is 106 Å². The molecular formula is C20H22FN3O5S. The zero-order chi connectivity index (χ0) is 21.7. The Labute approximate surface area is 174 Å². The number of carbonyl (C=O) groups excluding carboxylic acids is 2. The first kappa shape index (κ1) is 21.7. The summed E-state index contributed by atoms with van der Waals surface area (Å²) >= 11 is 0. The van der Waals surface area contributed by atoms with Crippen LogP contribution in [-0.2, 0) is 19.4 Å². The van der Waals surface area contributed by atoms with Crippen molar-refractivity contribution >= 4 is 33.2 Å². The number of rotatable bonds is 7. The van der Waals surface area contributed by atoms with Crippen LogP contribution in [0.25, 0.3) is 0 Å². The predicted molar refractivity (Wildman–Crippen MR) is 109 cm³/mol. The molecule has 0 aliphatic carbocycles. The number of benzene rings is 1. The van der Waals surface area contributed by atoms with Gasteiger partial charge >= 0.3 is 5.97 Å². The predicted octanol–water partition coefficient (Wildman–Crippen LogP) is 2.16. The largest absolute Gasteiger partial charge is 0.452 e. The third-order valence-corrected chi connectivity index (χ3v) is 6.54. The summed E-state index contributed by atoms with van der Waals surface area (Å²) in [4.78, 5) is 30.5. The molecule has 0 spiro atoms. The third-order valence-electron chi connectivity index (χ3n) is 4.79. The lowest BCUT2D eigenvalue weighted by Crippen LogP contribution is -2.43. The molecule has 30 heavy (non-hydrogen) atoms. The Kier molecular flexibility index (Phi) is 6.66. The number of hydrogen-bond acceptors (Lipinski definition) is 7. The molecule has 1 atom stereocenters. The van der Waals surface area contributed by atoms with Gasteiger partial charge in [0.05, 0.1) is 17.2 Å². The molecule has 2 aromatic rings.